The van der Waals surface area contributed by atoms with E-state index in [9.17, 15) is 14.9 Å². The van der Waals surface area contributed by atoms with Crippen molar-refractivity contribution in [3.05, 3.63) is 65.7 Å². The molecule has 1 saturated heterocycles. The number of rotatable bonds is 4. The lowest BCUT2D eigenvalue weighted by atomic mass is 9.97. The Bertz CT molecular complexity index is 1510. The van der Waals surface area contributed by atoms with Crippen LogP contribution in [-0.2, 0) is 0 Å². The summed E-state index contributed by atoms with van der Waals surface area (Å²) in [4.78, 5) is 11.8. The molecule has 0 atom stereocenters. The molecule has 1 fully saturated rings. The molecule has 0 saturated carbocycles. The highest BCUT2D eigenvalue weighted by molar-refractivity contribution is 5.91. The van der Waals surface area contributed by atoms with Crippen molar-refractivity contribution in [2.45, 2.75) is 18.9 Å². The first-order valence-corrected chi connectivity index (χ1v) is 11.2. The number of anilines is 1. The maximum absolute atomic E-state index is 14.7. The summed E-state index contributed by atoms with van der Waals surface area (Å²) in [6.07, 6.45) is 5.21. The van der Waals surface area contributed by atoms with Crippen LogP contribution in [0.3, 0.4) is 0 Å². The number of hydrogen-bond donors (Lipinski definition) is 1. The predicted molar refractivity (Wildman–Crippen MR) is 129 cm³/mol. The largest absolute Gasteiger partial charge is 0.495 e. The number of halogens is 1. The minimum atomic E-state index is -0.626. The van der Waals surface area contributed by atoms with Gasteiger partial charge in [-0.2, -0.15) is 10.5 Å². The molecular weight excluding hydrogens is 445 g/mol. The summed E-state index contributed by atoms with van der Waals surface area (Å²) in [6.45, 7) is 1.48. The van der Waals surface area contributed by atoms with Gasteiger partial charge in [-0.05, 0) is 42.7 Å². The lowest BCUT2D eigenvalue weighted by Gasteiger charge is -2.32. The van der Waals surface area contributed by atoms with Crippen LogP contribution in [0.15, 0.2) is 48.8 Å². The summed E-state index contributed by atoms with van der Waals surface area (Å²) in [5.74, 6) is 0.511. The van der Waals surface area contributed by atoms with Gasteiger partial charge in [-0.1, -0.05) is 12.1 Å². The van der Waals surface area contributed by atoms with Crippen LogP contribution in [0.5, 0.6) is 5.75 Å². The van der Waals surface area contributed by atoms with E-state index in [1.165, 1.54) is 19.2 Å². The summed E-state index contributed by atoms with van der Waals surface area (Å²) in [5, 5.41) is 18.8. The normalized spacial score (nSPS) is 14.0. The topological polar surface area (TPSA) is 116 Å². The SMILES string of the molecule is COc1ccc(-c2c(-c3ccc(C#N)c(F)c3)nc(N3CCC(N)CC3)n3ccnc23)cc1C#N. The lowest BCUT2D eigenvalue weighted by Crippen LogP contribution is -2.40. The molecule has 0 unspecified atom stereocenters. The van der Waals surface area contributed by atoms with Crippen LogP contribution in [0.25, 0.3) is 28.0 Å². The van der Waals surface area contributed by atoms with Crippen molar-refractivity contribution in [2.75, 3.05) is 25.1 Å². The van der Waals surface area contributed by atoms with Crippen LogP contribution >= 0.6 is 0 Å². The van der Waals surface area contributed by atoms with E-state index in [-0.39, 0.29) is 11.6 Å². The lowest BCUT2D eigenvalue weighted by molar-refractivity contribution is 0.413. The standard InChI is InChI=1S/C26H22FN7O/c1-35-22-5-4-16(12-19(22)15-29)23-24(17-2-3-18(14-28)21(27)13-17)32-26(34-11-8-31-25(23)34)33-9-6-20(30)7-10-33/h2-5,8,11-13,20H,6-7,9-10,30H2,1H3. The van der Waals surface area contributed by atoms with Crippen molar-refractivity contribution in [1.82, 2.24) is 14.4 Å². The van der Waals surface area contributed by atoms with Crippen molar-refractivity contribution in [3.8, 4) is 40.3 Å². The van der Waals surface area contributed by atoms with E-state index in [0.717, 1.165) is 25.9 Å². The maximum Gasteiger partial charge on any atom is 0.211 e. The van der Waals surface area contributed by atoms with Crippen molar-refractivity contribution in [2.24, 2.45) is 5.73 Å². The van der Waals surface area contributed by atoms with Crippen LogP contribution in [0.2, 0.25) is 0 Å². The average molecular weight is 468 g/mol. The van der Waals surface area contributed by atoms with E-state index in [2.05, 4.69) is 16.0 Å². The summed E-state index contributed by atoms with van der Waals surface area (Å²) < 4.78 is 21.9. The second-order valence-corrected chi connectivity index (χ2v) is 8.41. The third-order valence-electron chi connectivity index (χ3n) is 6.32. The summed E-state index contributed by atoms with van der Waals surface area (Å²) >= 11 is 0. The molecule has 1 aliphatic heterocycles. The molecule has 174 valence electrons. The van der Waals surface area contributed by atoms with Gasteiger partial charge < -0.3 is 15.4 Å². The van der Waals surface area contributed by atoms with Crippen LogP contribution in [0.4, 0.5) is 10.3 Å². The number of nitriles is 2. The van der Waals surface area contributed by atoms with Gasteiger partial charge in [0.1, 0.15) is 29.4 Å². The Hall–Kier alpha value is -4.47. The molecule has 0 aliphatic carbocycles. The van der Waals surface area contributed by atoms with E-state index < -0.39 is 5.82 Å². The predicted octanol–water partition coefficient (Wildman–Crippen LogP) is 3.88. The molecule has 3 heterocycles. The molecule has 1 aliphatic rings. The molecule has 0 spiro atoms. The zero-order valence-electron chi connectivity index (χ0n) is 19.1. The number of fused-ring (bicyclic) bond motifs is 1. The average Bonchev–Trinajstić information content (AvgIpc) is 3.37. The van der Waals surface area contributed by atoms with Crippen LogP contribution in [0.1, 0.15) is 24.0 Å². The van der Waals surface area contributed by atoms with Crippen LogP contribution in [0, 0.1) is 28.5 Å². The van der Waals surface area contributed by atoms with Gasteiger partial charge >= 0.3 is 0 Å². The summed E-state index contributed by atoms with van der Waals surface area (Å²) in [5.41, 5.74) is 9.41. The molecule has 0 bridgehead atoms. The number of nitrogens with two attached hydrogens (primary N) is 1. The molecule has 0 radical (unpaired) electrons. The fourth-order valence-electron chi connectivity index (χ4n) is 4.47. The van der Waals surface area contributed by atoms with Gasteiger partial charge in [-0.15, -0.1) is 0 Å². The fraction of sp³-hybridized carbons (Fsp3) is 0.231. The van der Waals surface area contributed by atoms with Gasteiger partial charge in [0.2, 0.25) is 5.95 Å². The molecule has 2 N–H and O–H groups in total. The molecular formula is C26H22FN7O. The van der Waals surface area contributed by atoms with Gasteiger partial charge in [0.25, 0.3) is 0 Å². The Kier molecular flexibility index (Phi) is 5.77. The molecule has 5 rings (SSSR count). The van der Waals surface area contributed by atoms with Crippen LogP contribution < -0.4 is 15.4 Å². The third-order valence-corrected chi connectivity index (χ3v) is 6.32. The highest BCUT2D eigenvalue weighted by Gasteiger charge is 2.25. The van der Waals surface area contributed by atoms with E-state index in [0.29, 0.717) is 45.3 Å². The zero-order valence-corrected chi connectivity index (χ0v) is 19.1. The van der Waals surface area contributed by atoms with E-state index in [4.69, 9.17) is 15.5 Å². The number of piperidine rings is 1. The zero-order chi connectivity index (χ0) is 24.5. The van der Waals surface area contributed by atoms with Gasteiger partial charge in [-0.25, -0.2) is 14.4 Å². The molecule has 35 heavy (non-hydrogen) atoms. The first-order valence-electron chi connectivity index (χ1n) is 11.2. The van der Waals surface area contributed by atoms with Gasteiger partial charge in [0.05, 0.1) is 29.5 Å². The minimum Gasteiger partial charge on any atom is -0.495 e. The number of benzene rings is 2. The Morgan fingerprint density at radius 3 is 2.49 bits per heavy atom. The summed E-state index contributed by atoms with van der Waals surface area (Å²) in [7, 11) is 1.51. The molecule has 2 aromatic heterocycles. The number of nitrogens with zero attached hydrogens (tertiary/aromatic N) is 6. The number of ether oxygens (including phenoxy) is 1. The maximum atomic E-state index is 14.7. The number of methoxy groups -OCH3 is 1. The smallest absolute Gasteiger partial charge is 0.211 e. The number of imidazole rings is 1. The Morgan fingerprint density at radius 1 is 1.06 bits per heavy atom. The first-order chi connectivity index (χ1) is 17.0. The Labute approximate surface area is 201 Å². The molecule has 4 aromatic rings. The highest BCUT2D eigenvalue weighted by Crippen LogP contribution is 2.38. The van der Waals surface area contributed by atoms with Crippen molar-refractivity contribution in [3.63, 3.8) is 0 Å². The van der Waals surface area contributed by atoms with Crippen molar-refractivity contribution >= 4 is 11.6 Å². The van der Waals surface area contributed by atoms with Gasteiger partial charge in [0.15, 0.2) is 0 Å². The molecule has 8 nitrogen and oxygen atoms in total. The highest BCUT2D eigenvalue weighted by atomic mass is 19.1. The molecule has 9 heteroatoms. The second-order valence-electron chi connectivity index (χ2n) is 8.41. The van der Waals surface area contributed by atoms with E-state index in [1.54, 1.807) is 24.4 Å². The van der Waals surface area contributed by atoms with Crippen molar-refractivity contribution in [1.29, 1.82) is 10.5 Å². The van der Waals surface area contributed by atoms with E-state index >= 15 is 0 Å². The van der Waals surface area contributed by atoms with Gasteiger partial charge in [0, 0.05) is 37.1 Å². The van der Waals surface area contributed by atoms with Crippen LogP contribution in [-0.4, -0.2) is 40.6 Å². The Morgan fingerprint density at radius 2 is 1.80 bits per heavy atom. The number of aromatic nitrogens is 3. The first kappa shape index (κ1) is 22.3. The minimum absolute atomic E-state index is 0.0429. The second kappa shape index (κ2) is 9.05. The number of hydrogen-bond acceptors (Lipinski definition) is 7. The fourth-order valence-corrected chi connectivity index (χ4v) is 4.47. The molecule has 2 aromatic carbocycles. The third kappa shape index (κ3) is 3.92. The monoisotopic (exact) mass is 467 g/mol. The van der Waals surface area contributed by atoms with Crippen molar-refractivity contribution < 1.29 is 9.13 Å². The van der Waals surface area contributed by atoms with E-state index in [1.807, 2.05) is 22.7 Å². The van der Waals surface area contributed by atoms with Gasteiger partial charge in [-0.3, -0.25) is 4.40 Å². The molecule has 0 amide bonds. The summed E-state index contributed by atoms with van der Waals surface area (Å²) in [6, 6.07) is 13.9. The Balaban J connectivity index is 1.79. The quantitative estimate of drug-likeness (QED) is 0.484.